The molecule has 3 fully saturated rings. The van der Waals surface area contributed by atoms with Crippen LogP contribution in [0.1, 0.15) is 70.6 Å². The number of amides is 1. The number of rotatable bonds is 6. The van der Waals surface area contributed by atoms with Crippen LogP contribution in [0.15, 0.2) is 42.9 Å². The first-order valence-electron chi connectivity index (χ1n) is 14.3. The number of hydrogen-bond acceptors (Lipinski definition) is 6. The first-order valence-corrected chi connectivity index (χ1v) is 14.3. The van der Waals surface area contributed by atoms with Crippen LogP contribution in [-0.2, 0) is 4.79 Å². The molecule has 0 spiro atoms. The standard InChI is InChI=1S/C30H38N6O/c37-30(34-25-8-4-5-9-25)21-12-16-36(17-13-21)29-26-11-14-31-20-23(26)18-27(35-29)22-10-15-32-28(19-22)33-24-6-2-1-3-7-24/h10-11,14-15,18-21,24-25H,1-9,12-13,16-17H2,(H,32,33)(H,34,37). The molecule has 0 atom stereocenters. The van der Waals surface area contributed by atoms with E-state index in [2.05, 4.69) is 43.7 Å². The predicted octanol–water partition coefficient (Wildman–Crippen LogP) is 5.71. The lowest BCUT2D eigenvalue weighted by Crippen LogP contribution is -2.43. The fourth-order valence-electron chi connectivity index (χ4n) is 6.34. The van der Waals surface area contributed by atoms with E-state index in [1.165, 1.54) is 44.9 Å². The van der Waals surface area contributed by atoms with Crippen molar-refractivity contribution in [3.63, 3.8) is 0 Å². The van der Waals surface area contributed by atoms with E-state index in [1.54, 1.807) is 0 Å². The normalized spacial score (nSPS) is 19.8. The molecule has 0 aromatic carbocycles. The highest BCUT2D eigenvalue weighted by molar-refractivity contribution is 5.94. The second kappa shape index (κ2) is 11.0. The second-order valence-corrected chi connectivity index (χ2v) is 11.1. The summed E-state index contributed by atoms with van der Waals surface area (Å²) < 4.78 is 0. The number of nitrogens with one attached hydrogen (secondary N) is 2. The molecule has 4 heterocycles. The maximum atomic E-state index is 12.9. The van der Waals surface area contributed by atoms with E-state index in [0.717, 1.165) is 72.4 Å². The number of anilines is 2. The summed E-state index contributed by atoms with van der Waals surface area (Å²) in [5.74, 6) is 2.26. The minimum Gasteiger partial charge on any atom is -0.367 e. The lowest BCUT2D eigenvalue weighted by atomic mass is 9.95. The zero-order chi connectivity index (χ0) is 25.0. The van der Waals surface area contributed by atoms with Crippen LogP contribution >= 0.6 is 0 Å². The van der Waals surface area contributed by atoms with E-state index in [4.69, 9.17) is 4.98 Å². The lowest BCUT2D eigenvalue weighted by Gasteiger charge is -2.33. The van der Waals surface area contributed by atoms with Crippen molar-refractivity contribution >= 4 is 28.3 Å². The van der Waals surface area contributed by atoms with Gasteiger partial charge in [0.1, 0.15) is 11.6 Å². The van der Waals surface area contributed by atoms with Crippen molar-refractivity contribution in [3.05, 3.63) is 42.9 Å². The highest BCUT2D eigenvalue weighted by atomic mass is 16.1. The van der Waals surface area contributed by atoms with Crippen molar-refractivity contribution < 1.29 is 4.79 Å². The Kier molecular flexibility index (Phi) is 7.20. The van der Waals surface area contributed by atoms with Crippen LogP contribution in [0.2, 0.25) is 0 Å². The molecule has 7 nitrogen and oxygen atoms in total. The summed E-state index contributed by atoms with van der Waals surface area (Å²) in [5, 5.41) is 9.15. The molecule has 2 saturated carbocycles. The van der Waals surface area contributed by atoms with E-state index in [-0.39, 0.29) is 11.8 Å². The van der Waals surface area contributed by atoms with E-state index in [0.29, 0.717) is 12.1 Å². The molecule has 37 heavy (non-hydrogen) atoms. The van der Waals surface area contributed by atoms with Gasteiger partial charge in [-0.1, -0.05) is 32.1 Å². The van der Waals surface area contributed by atoms with E-state index >= 15 is 0 Å². The average molecular weight is 499 g/mol. The maximum absolute atomic E-state index is 12.9. The Labute approximate surface area is 219 Å². The summed E-state index contributed by atoms with van der Waals surface area (Å²) in [5.41, 5.74) is 2.00. The average Bonchev–Trinajstić information content (AvgIpc) is 3.46. The Morgan fingerprint density at radius 1 is 0.865 bits per heavy atom. The summed E-state index contributed by atoms with van der Waals surface area (Å²) in [6.45, 7) is 1.67. The Bertz CT molecular complexity index is 1230. The molecule has 1 saturated heterocycles. The van der Waals surface area contributed by atoms with Gasteiger partial charge in [0.15, 0.2) is 0 Å². The topological polar surface area (TPSA) is 83.0 Å². The van der Waals surface area contributed by atoms with Crippen LogP contribution < -0.4 is 15.5 Å². The summed E-state index contributed by atoms with van der Waals surface area (Å²) in [6, 6.07) is 9.25. The molecule has 3 aromatic rings. The molecular formula is C30H38N6O. The zero-order valence-electron chi connectivity index (χ0n) is 21.7. The number of pyridine rings is 3. The van der Waals surface area contributed by atoms with Crippen LogP contribution in [-0.4, -0.2) is 46.0 Å². The van der Waals surface area contributed by atoms with E-state index in [9.17, 15) is 4.79 Å². The first-order chi connectivity index (χ1) is 18.2. The third kappa shape index (κ3) is 5.55. The minimum atomic E-state index is 0.0987. The van der Waals surface area contributed by atoms with Crippen molar-refractivity contribution in [1.82, 2.24) is 20.3 Å². The molecular weight excluding hydrogens is 460 g/mol. The van der Waals surface area contributed by atoms with Crippen molar-refractivity contribution in [3.8, 4) is 11.3 Å². The van der Waals surface area contributed by atoms with Gasteiger partial charge in [0, 0.05) is 66.0 Å². The van der Waals surface area contributed by atoms with Crippen molar-refractivity contribution in [2.75, 3.05) is 23.3 Å². The Morgan fingerprint density at radius 3 is 2.43 bits per heavy atom. The number of nitrogens with zero attached hydrogens (tertiary/aromatic N) is 4. The van der Waals surface area contributed by atoms with E-state index in [1.807, 2.05) is 24.7 Å². The summed E-state index contributed by atoms with van der Waals surface area (Å²) in [4.78, 5) is 29.4. The molecule has 194 valence electrons. The molecule has 7 heteroatoms. The largest absolute Gasteiger partial charge is 0.367 e. The van der Waals surface area contributed by atoms with Gasteiger partial charge in [-0.2, -0.15) is 0 Å². The number of carbonyl (C=O) groups excluding carboxylic acids is 1. The van der Waals surface area contributed by atoms with Crippen LogP contribution in [0.25, 0.3) is 22.0 Å². The van der Waals surface area contributed by atoms with Gasteiger partial charge in [0.25, 0.3) is 0 Å². The highest BCUT2D eigenvalue weighted by Gasteiger charge is 2.28. The third-order valence-electron chi connectivity index (χ3n) is 8.49. The van der Waals surface area contributed by atoms with E-state index < -0.39 is 0 Å². The molecule has 0 radical (unpaired) electrons. The molecule has 0 unspecified atom stereocenters. The fraction of sp³-hybridized carbons (Fsp3) is 0.533. The smallest absolute Gasteiger partial charge is 0.223 e. The van der Waals surface area contributed by atoms with Gasteiger partial charge in [0.2, 0.25) is 5.91 Å². The van der Waals surface area contributed by atoms with Gasteiger partial charge >= 0.3 is 0 Å². The van der Waals surface area contributed by atoms with Crippen LogP contribution in [0.4, 0.5) is 11.6 Å². The minimum absolute atomic E-state index is 0.0987. The summed E-state index contributed by atoms with van der Waals surface area (Å²) in [7, 11) is 0. The number of carbonyl (C=O) groups is 1. The fourth-order valence-corrected chi connectivity index (χ4v) is 6.34. The lowest BCUT2D eigenvalue weighted by molar-refractivity contribution is -0.126. The summed E-state index contributed by atoms with van der Waals surface area (Å²) in [6.07, 6.45) is 18.5. The number of aromatic nitrogens is 3. The third-order valence-corrected chi connectivity index (χ3v) is 8.49. The first kappa shape index (κ1) is 24.1. The van der Waals surface area contributed by atoms with Gasteiger partial charge in [-0.25, -0.2) is 9.97 Å². The van der Waals surface area contributed by atoms with Gasteiger partial charge in [-0.3, -0.25) is 9.78 Å². The maximum Gasteiger partial charge on any atom is 0.223 e. The number of fused-ring (bicyclic) bond motifs is 1. The number of hydrogen-bond donors (Lipinski definition) is 2. The van der Waals surface area contributed by atoms with Crippen molar-refractivity contribution in [1.29, 1.82) is 0 Å². The van der Waals surface area contributed by atoms with Crippen molar-refractivity contribution in [2.24, 2.45) is 5.92 Å². The molecule has 0 bridgehead atoms. The van der Waals surface area contributed by atoms with Gasteiger partial charge in [-0.05, 0) is 62.8 Å². The van der Waals surface area contributed by atoms with Gasteiger partial charge < -0.3 is 15.5 Å². The molecule has 1 amide bonds. The molecule has 2 aliphatic carbocycles. The van der Waals surface area contributed by atoms with Gasteiger partial charge in [0.05, 0.1) is 5.69 Å². The molecule has 6 rings (SSSR count). The van der Waals surface area contributed by atoms with Crippen LogP contribution in [0.3, 0.4) is 0 Å². The SMILES string of the molecule is O=C(NC1CCCC1)C1CCN(c2nc(-c3ccnc(NC4CCCCC4)c3)cc3cnccc23)CC1. The van der Waals surface area contributed by atoms with Crippen LogP contribution in [0, 0.1) is 5.92 Å². The highest BCUT2D eigenvalue weighted by Crippen LogP contribution is 2.33. The molecule has 2 N–H and O–H groups in total. The van der Waals surface area contributed by atoms with Crippen molar-refractivity contribution in [2.45, 2.75) is 82.7 Å². The molecule has 1 aliphatic heterocycles. The zero-order valence-corrected chi connectivity index (χ0v) is 21.7. The molecule has 3 aromatic heterocycles. The Balaban J connectivity index is 1.21. The Hall–Kier alpha value is -3.22. The quantitative estimate of drug-likeness (QED) is 0.453. The summed E-state index contributed by atoms with van der Waals surface area (Å²) >= 11 is 0. The van der Waals surface area contributed by atoms with Gasteiger partial charge in [-0.15, -0.1) is 0 Å². The van der Waals surface area contributed by atoms with Crippen LogP contribution in [0.5, 0.6) is 0 Å². The second-order valence-electron chi connectivity index (χ2n) is 11.1. The monoisotopic (exact) mass is 498 g/mol. The Morgan fingerprint density at radius 2 is 1.62 bits per heavy atom. The number of piperidine rings is 1. The molecule has 3 aliphatic rings. The predicted molar refractivity (Wildman–Crippen MR) is 149 cm³/mol.